The molecule has 2 N–H and O–H groups in total. The summed E-state index contributed by atoms with van der Waals surface area (Å²) in [6.45, 7) is 5.19. The van der Waals surface area contributed by atoms with Crippen LogP contribution in [0.1, 0.15) is 15.9 Å². The summed E-state index contributed by atoms with van der Waals surface area (Å²) in [5, 5.41) is 3.97. The van der Waals surface area contributed by atoms with Crippen LogP contribution in [0.2, 0.25) is 0 Å². The van der Waals surface area contributed by atoms with Crippen molar-refractivity contribution in [3.8, 4) is 0 Å². The van der Waals surface area contributed by atoms with Gasteiger partial charge in [0.25, 0.3) is 5.91 Å². The van der Waals surface area contributed by atoms with E-state index >= 15 is 0 Å². The predicted octanol–water partition coefficient (Wildman–Crippen LogP) is 2.60. The van der Waals surface area contributed by atoms with Crippen LogP contribution in [0.15, 0.2) is 35.0 Å². The van der Waals surface area contributed by atoms with Gasteiger partial charge < -0.3 is 15.5 Å². The van der Waals surface area contributed by atoms with Gasteiger partial charge in [0.05, 0.1) is 5.56 Å². The van der Waals surface area contributed by atoms with Crippen molar-refractivity contribution in [3.05, 3.63) is 46.2 Å². The summed E-state index contributed by atoms with van der Waals surface area (Å²) >= 11 is 1.59. The molecule has 0 saturated carbocycles. The zero-order chi connectivity index (χ0) is 14.8. The van der Waals surface area contributed by atoms with Crippen LogP contribution in [0, 0.1) is 6.92 Å². The summed E-state index contributed by atoms with van der Waals surface area (Å²) in [6, 6.07) is 7.91. The highest BCUT2D eigenvalue weighted by Gasteiger charge is 2.23. The van der Waals surface area contributed by atoms with Crippen molar-refractivity contribution >= 4 is 28.6 Å². The third-order valence-corrected chi connectivity index (χ3v) is 4.75. The maximum absolute atomic E-state index is 12.5. The third-order valence-electron chi connectivity index (χ3n) is 3.89. The van der Waals surface area contributed by atoms with Gasteiger partial charge in [0.2, 0.25) is 0 Å². The largest absolute Gasteiger partial charge is 0.399 e. The number of nitrogens with zero attached hydrogens (tertiary/aromatic N) is 2. The molecule has 1 saturated heterocycles. The Morgan fingerprint density at radius 3 is 2.57 bits per heavy atom. The van der Waals surface area contributed by atoms with Crippen LogP contribution in [0.4, 0.5) is 11.4 Å². The zero-order valence-corrected chi connectivity index (χ0v) is 12.9. The van der Waals surface area contributed by atoms with Crippen LogP contribution in [-0.4, -0.2) is 37.0 Å². The van der Waals surface area contributed by atoms with E-state index in [9.17, 15) is 4.79 Å². The Morgan fingerprint density at radius 2 is 1.95 bits per heavy atom. The third kappa shape index (κ3) is 2.88. The molecular formula is C16H19N3OS. The van der Waals surface area contributed by atoms with Gasteiger partial charge >= 0.3 is 0 Å². The quantitative estimate of drug-likeness (QED) is 0.868. The molecule has 0 aliphatic carbocycles. The number of thiophene rings is 1. The number of rotatable bonds is 2. The Hall–Kier alpha value is -2.01. The minimum absolute atomic E-state index is 0.154. The van der Waals surface area contributed by atoms with Crippen molar-refractivity contribution in [1.29, 1.82) is 0 Å². The Morgan fingerprint density at radius 1 is 1.19 bits per heavy atom. The van der Waals surface area contributed by atoms with E-state index in [2.05, 4.69) is 11.0 Å². The molecule has 3 rings (SSSR count). The van der Waals surface area contributed by atoms with Gasteiger partial charge in [-0.1, -0.05) is 6.07 Å². The normalized spacial score (nSPS) is 15.3. The number of anilines is 2. The molecule has 0 bridgehead atoms. The number of amides is 1. The van der Waals surface area contributed by atoms with E-state index in [1.807, 2.05) is 40.8 Å². The van der Waals surface area contributed by atoms with E-state index in [1.165, 1.54) is 0 Å². The highest BCUT2D eigenvalue weighted by Crippen LogP contribution is 2.21. The lowest BCUT2D eigenvalue weighted by Crippen LogP contribution is -2.48. The summed E-state index contributed by atoms with van der Waals surface area (Å²) in [5.41, 5.74) is 9.66. The number of carbonyl (C=O) groups is 1. The van der Waals surface area contributed by atoms with E-state index in [1.54, 1.807) is 11.3 Å². The number of piperazine rings is 1. The van der Waals surface area contributed by atoms with E-state index in [-0.39, 0.29) is 5.91 Å². The topological polar surface area (TPSA) is 49.6 Å². The average Bonchev–Trinajstić information content (AvgIpc) is 2.93. The number of nitrogens with two attached hydrogens (primary N) is 1. The molecule has 0 atom stereocenters. The average molecular weight is 301 g/mol. The standard InChI is InChI=1S/C16H19N3OS/c1-12-10-21-11-15(12)16(20)19-7-5-18(6-8-19)14-4-2-3-13(17)9-14/h2-4,9-11H,5-8,17H2,1H3. The number of aryl methyl sites for hydroxylation is 1. The van der Waals surface area contributed by atoms with Crippen LogP contribution < -0.4 is 10.6 Å². The molecule has 110 valence electrons. The van der Waals surface area contributed by atoms with Crippen molar-refractivity contribution in [2.45, 2.75) is 6.92 Å². The Labute approximate surface area is 128 Å². The molecule has 1 amide bonds. The smallest absolute Gasteiger partial charge is 0.255 e. The van der Waals surface area contributed by atoms with Crippen molar-refractivity contribution in [3.63, 3.8) is 0 Å². The fraction of sp³-hybridized carbons (Fsp3) is 0.312. The lowest BCUT2D eigenvalue weighted by Gasteiger charge is -2.36. The number of hydrogen-bond acceptors (Lipinski definition) is 4. The second-order valence-electron chi connectivity index (χ2n) is 5.34. The molecular weight excluding hydrogens is 282 g/mol. The minimum Gasteiger partial charge on any atom is -0.399 e. The molecule has 0 radical (unpaired) electrons. The number of hydrogen-bond donors (Lipinski definition) is 1. The Kier molecular flexibility index (Phi) is 3.84. The zero-order valence-electron chi connectivity index (χ0n) is 12.1. The van der Waals surface area contributed by atoms with E-state index in [4.69, 9.17) is 5.73 Å². The van der Waals surface area contributed by atoms with Gasteiger partial charge in [-0.25, -0.2) is 0 Å². The maximum atomic E-state index is 12.5. The van der Waals surface area contributed by atoms with Gasteiger partial charge in [0.15, 0.2) is 0 Å². The first-order chi connectivity index (χ1) is 10.1. The number of carbonyl (C=O) groups excluding carboxylic acids is 1. The summed E-state index contributed by atoms with van der Waals surface area (Å²) in [4.78, 5) is 16.7. The monoisotopic (exact) mass is 301 g/mol. The van der Waals surface area contributed by atoms with Crippen LogP contribution in [-0.2, 0) is 0 Å². The second kappa shape index (κ2) is 5.77. The molecule has 1 aromatic heterocycles. The van der Waals surface area contributed by atoms with Gasteiger partial charge in [0.1, 0.15) is 0 Å². The Balaban J connectivity index is 1.65. The Bertz CT molecular complexity index is 644. The van der Waals surface area contributed by atoms with Gasteiger partial charge in [-0.05, 0) is 36.1 Å². The first-order valence-electron chi connectivity index (χ1n) is 7.08. The highest BCUT2D eigenvalue weighted by molar-refractivity contribution is 7.08. The molecule has 1 aromatic carbocycles. The van der Waals surface area contributed by atoms with E-state index in [0.29, 0.717) is 0 Å². The molecule has 4 nitrogen and oxygen atoms in total. The van der Waals surface area contributed by atoms with Crippen molar-refractivity contribution < 1.29 is 4.79 Å². The molecule has 2 heterocycles. The highest BCUT2D eigenvalue weighted by atomic mass is 32.1. The van der Waals surface area contributed by atoms with Gasteiger partial charge in [-0.3, -0.25) is 4.79 Å². The maximum Gasteiger partial charge on any atom is 0.255 e. The fourth-order valence-electron chi connectivity index (χ4n) is 2.64. The first-order valence-corrected chi connectivity index (χ1v) is 8.02. The van der Waals surface area contributed by atoms with E-state index in [0.717, 1.165) is 48.7 Å². The molecule has 2 aromatic rings. The van der Waals surface area contributed by atoms with E-state index < -0.39 is 0 Å². The molecule has 1 fully saturated rings. The van der Waals surface area contributed by atoms with Crippen molar-refractivity contribution in [1.82, 2.24) is 4.90 Å². The van der Waals surface area contributed by atoms with Crippen LogP contribution in [0.5, 0.6) is 0 Å². The fourth-order valence-corrected chi connectivity index (χ4v) is 3.46. The SMILES string of the molecule is Cc1cscc1C(=O)N1CCN(c2cccc(N)c2)CC1. The molecule has 1 aliphatic heterocycles. The molecule has 5 heteroatoms. The minimum atomic E-state index is 0.154. The molecule has 1 aliphatic rings. The van der Waals surface area contributed by atoms with Crippen molar-refractivity contribution in [2.75, 3.05) is 36.8 Å². The second-order valence-corrected chi connectivity index (χ2v) is 6.09. The molecule has 21 heavy (non-hydrogen) atoms. The van der Waals surface area contributed by atoms with Crippen LogP contribution in [0.25, 0.3) is 0 Å². The summed E-state index contributed by atoms with van der Waals surface area (Å²) in [7, 11) is 0. The summed E-state index contributed by atoms with van der Waals surface area (Å²) in [5.74, 6) is 0.154. The molecule has 0 spiro atoms. The summed E-state index contributed by atoms with van der Waals surface area (Å²) in [6.07, 6.45) is 0. The van der Waals surface area contributed by atoms with Crippen molar-refractivity contribution in [2.24, 2.45) is 0 Å². The predicted molar refractivity (Wildman–Crippen MR) is 88.0 cm³/mol. The molecule has 0 unspecified atom stereocenters. The number of benzene rings is 1. The van der Waals surface area contributed by atoms with Gasteiger partial charge in [-0.2, -0.15) is 11.3 Å². The first kappa shape index (κ1) is 13.9. The lowest BCUT2D eigenvalue weighted by atomic mass is 10.1. The summed E-state index contributed by atoms with van der Waals surface area (Å²) < 4.78 is 0. The van der Waals surface area contributed by atoms with Gasteiger partial charge in [0, 0.05) is 42.9 Å². The van der Waals surface area contributed by atoms with Gasteiger partial charge in [-0.15, -0.1) is 0 Å². The lowest BCUT2D eigenvalue weighted by molar-refractivity contribution is 0.0746. The van der Waals surface area contributed by atoms with Crippen LogP contribution in [0.3, 0.4) is 0 Å². The van der Waals surface area contributed by atoms with Crippen LogP contribution >= 0.6 is 11.3 Å². The number of nitrogen functional groups attached to an aromatic ring is 1.